The number of nitrogen functional groups attached to an aromatic ring is 1. The summed E-state index contributed by atoms with van der Waals surface area (Å²) in [5.74, 6) is -0.203. The van der Waals surface area contributed by atoms with E-state index in [9.17, 15) is 4.39 Å². The predicted molar refractivity (Wildman–Crippen MR) is 74.0 cm³/mol. The normalized spacial score (nSPS) is 22.5. The third-order valence-corrected chi connectivity index (χ3v) is 3.50. The molecule has 0 aliphatic heterocycles. The number of rotatable bonds is 5. The van der Waals surface area contributed by atoms with Crippen LogP contribution in [0.1, 0.15) is 26.2 Å². The maximum absolute atomic E-state index is 13.6. The summed E-state index contributed by atoms with van der Waals surface area (Å²) in [7, 11) is 1.71. The summed E-state index contributed by atoms with van der Waals surface area (Å²) in [6, 6.07) is 3.13. The van der Waals surface area contributed by atoms with E-state index in [1.807, 2.05) is 6.92 Å². The van der Waals surface area contributed by atoms with Crippen LogP contribution < -0.4 is 15.8 Å². The Labute approximate surface area is 113 Å². The van der Waals surface area contributed by atoms with Crippen molar-refractivity contribution in [3.8, 4) is 5.75 Å². The molecule has 0 radical (unpaired) electrons. The molecule has 1 saturated carbocycles. The zero-order valence-electron chi connectivity index (χ0n) is 11.4. The van der Waals surface area contributed by atoms with Crippen molar-refractivity contribution in [2.24, 2.45) is 0 Å². The molecule has 1 aromatic rings. The number of hydrogen-bond acceptors (Lipinski definition) is 4. The highest BCUT2D eigenvalue weighted by Crippen LogP contribution is 2.32. The molecule has 2 rings (SSSR count). The van der Waals surface area contributed by atoms with E-state index < -0.39 is 5.82 Å². The average molecular weight is 268 g/mol. The van der Waals surface area contributed by atoms with Gasteiger partial charge < -0.3 is 20.5 Å². The van der Waals surface area contributed by atoms with Crippen molar-refractivity contribution in [2.75, 3.05) is 24.8 Å². The van der Waals surface area contributed by atoms with E-state index >= 15 is 0 Å². The molecule has 0 heterocycles. The van der Waals surface area contributed by atoms with Crippen LogP contribution in [0, 0.1) is 5.82 Å². The van der Waals surface area contributed by atoms with E-state index in [2.05, 4.69) is 5.32 Å². The fourth-order valence-electron chi connectivity index (χ4n) is 2.53. The van der Waals surface area contributed by atoms with Crippen molar-refractivity contribution in [3.63, 3.8) is 0 Å². The van der Waals surface area contributed by atoms with Gasteiger partial charge in [-0.1, -0.05) is 0 Å². The number of hydrogen-bond donors (Lipinski definition) is 2. The first-order valence-electron chi connectivity index (χ1n) is 6.66. The minimum atomic E-state index is -0.431. The molecule has 4 nitrogen and oxygen atoms in total. The molecule has 1 aliphatic carbocycles. The van der Waals surface area contributed by atoms with Gasteiger partial charge in [-0.25, -0.2) is 4.39 Å². The van der Waals surface area contributed by atoms with Gasteiger partial charge in [0.15, 0.2) is 11.6 Å². The lowest BCUT2D eigenvalue weighted by Crippen LogP contribution is -2.30. The molecule has 0 amide bonds. The summed E-state index contributed by atoms with van der Waals surface area (Å²) < 4.78 is 24.3. The van der Waals surface area contributed by atoms with Crippen molar-refractivity contribution >= 4 is 11.4 Å². The Hall–Kier alpha value is -1.49. The number of benzene rings is 1. The Morgan fingerprint density at radius 2 is 2.21 bits per heavy atom. The van der Waals surface area contributed by atoms with E-state index in [0.717, 1.165) is 19.3 Å². The largest absolute Gasteiger partial charge is 0.491 e. The molecule has 1 fully saturated rings. The fraction of sp³-hybridized carbons (Fsp3) is 0.571. The first-order valence-corrected chi connectivity index (χ1v) is 6.66. The Balaban J connectivity index is 2.17. The van der Waals surface area contributed by atoms with E-state index in [1.165, 1.54) is 6.07 Å². The predicted octanol–water partition coefficient (Wildman–Crippen LogP) is 2.79. The van der Waals surface area contributed by atoms with Gasteiger partial charge in [0.1, 0.15) is 0 Å². The Kier molecular flexibility index (Phi) is 4.47. The van der Waals surface area contributed by atoms with Crippen molar-refractivity contribution in [3.05, 3.63) is 17.9 Å². The topological polar surface area (TPSA) is 56.5 Å². The van der Waals surface area contributed by atoms with Gasteiger partial charge >= 0.3 is 0 Å². The molecular formula is C14H21FN2O2. The standard InChI is InChI=1S/C14H21FN2O2/c1-3-19-14-8-12(10(16)7-9(14)15)17-11-5-4-6-13(11)18-2/h7-8,11,13,17H,3-6,16H2,1-2H3. The smallest absolute Gasteiger partial charge is 0.167 e. The maximum atomic E-state index is 13.6. The number of halogens is 1. The number of nitrogens with one attached hydrogen (secondary N) is 1. The van der Waals surface area contributed by atoms with Crippen LogP contribution in [0.4, 0.5) is 15.8 Å². The van der Waals surface area contributed by atoms with E-state index in [-0.39, 0.29) is 17.9 Å². The molecule has 2 unspecified atom stereocenters. The van der Waals surface area contributed by atoms with Crippen LogP contribution in [0.5, 0.6) is 5.75 Å². The molecule has 0 aromatic heterocycles. The van der Waals surface area contributed by atoms with Crippen LogP contribution >= 0.6 is 0 Å². The Bertz CT molecular complexity index is 440. The van der Waals surface area contributed by atoms with E-state index in [4.69, 9.17) is 15.2 Å². The van der Waals surface area contributed by atoms with Gasteiger partial charge in [0.2, 0.25) is 0 Å². The third-order valence-electron chi connectivity index (χ3n) is 3.50. The quantitative estimate of drug-likeness (QED) is 0.806. The van der Waals surface area contributed by atoms with Gasteiger partial charge in [-0.05, 0) is 26.2 Å². The van der Waals surface area contributed by atoms with Crippen LogP contribution in [0.15, 0.2) is 12.1 Å². The summed E-state index contributed by atoms with van der Waals surface area (Å²) >= 11 is 0. The van der Waals surface area contributed by atoms with Gasteiger partial charge in [0.25, 0.3) is 0 Å². The molecule has 3 N–H and O–H groups in total. The molecule has 1 aliphatic rings. The minimum Gasteiger partial charge on any atom is -0.491 e. The Morgan fingerprint density at radius 1 is 1.42 bits per heavy atom. The monoisotopic (exact) mass is 268 g/mol. The molecule has 19 heavy (non-hydrogen) atoms. The van der Waals surface area contributed by atoms with Gasteiger partial charge in [0.05, 0.1) is 30.1 Å². The van der Waals surface area contributed by atoms with Crippen molar-refractivity contribution in [1.29, 1.82) is 0 Å². The molecule has 2 atom stereocenters. The molecule has 1 aromatic carbocycles. The van der Waals surface area contributed by atoms with Crippen LogP contribution in [-0.2, 0) is 4.74 Å². The number of anilines is 2. The third kappa shape index (κ3) is 3.10. The fourth-order valence-corrected chi connectivity index (χ4v) is 2.53. The summed E-state index contributed by atoms with van der Waals surface area (Å²) in [4.78, 5) is 0. The zero-order chi connectivity index (χ0) is 13.8. The van der Waals surface area contributed by atoms with Crippen LogP contribution in [0.3, 0.4) is 0 Å². The summed E-state index contributed by atoms with van der Waals surface area (Å²) in [5.41, 5.74) is 6.95. The molecule has 5 heteroatoms. The number of nitrogens with two attached hydrogens (primary N) is 1. The lowest BCUT2D eigenvalue weighted by Gasteiger charge is -2.22. The second-order valence-corrected chi connectivity index (χ2v) is 4.76. The highest BCUT2D eigenvalue weighted by Gasteiger charge is 2.27. The number of ether oxygens (including phenoxy) is 2. The summed E-state index contributed by atoms with van der Waals surface area (Å²) in [6.45, 7) is 2.24. The van der Waals surface area contributed by atoms with Crippen LogP contribution in [-0.4, -0.2) is 25.9 Å². The molecule has 0 bridgehead atoms. The number of methoxy groups -OCH3 is 1. The minimum absolute atomic E-state index is 0.181. The first-order chi connectivity index (χ1) is 9.15. The van der Waals surface area contributed by atoms with Crippen LogP contribution in [0.2, 0.25) is 0 Å². The molecular weight excluding hydrogens is 247 g/mol. The van der Waals surface area contributed by atoms with Crippen molar-refractivity contribution in [2.45, 2.75) is 38.3 Å². The molecule has 0 saturated heterocycles. The van der Waals surface area contributed by atoms with Crippen molar-refractivity contribution < 1.29 is 13.9 Å². The second-order valence-electron chi connectivity index (χ2n) is 4.76. The van der Waals surface area contributed by atoms with E-state index in [1.54, 1.807) is 13.2 Å². The first kappa shape index (κ1) is 13.9. The molecule has 106 valence electrons. The summed E-state index contributed by atoms with van der Waals surface area (Å²) in [5, 5.41) is 3.34. The van der Waals surface area contributed by atoms with Gasteiger partial charge in [-0.2, -0.15) is 0 Å². The SMILES string of the molecule is CCOc1cc(NC2CCCC2OC)c(N)cc1F. The molecule has 0 spiro atoms. The van der Waals surface area contributed by atoms with Gasteiger partial charge in [-0.3, -0.25) is 0 Å². The zero-order valence-corrected chi connectivity index (χ0v) is 11.4. The average Bonchev–Trinajstić information content (AvgIpc) is 2.82. The van der Waals surface area contributed by atoms with Gasteiger partial charge in [0, 0.05) is 19.2 Å². The van der Waals surface area contributed by atoms with E-state index in [0.29, 0.717) is 18.0 Å². The van der Waals surface area contributed by atoms with Gasteiger partial charge in [-0.15, -0.1) is 0 Å². The van der Waals surface area contributed by atoms with Crippen molar-refractivity contribution in [1.82, 2.24) is 0 Å². The maximum Gasteiger partial charge on any atom is 0.167 e. The highest BCUT2D eigenvalue weighted by molar-refractivity contribution is 5.69. The lowest BCUT2D eigenvalue weighted by atomic mass is 10.1. The Morgan fingerprint density at radius 3 is 2.89 bits per heavy atom. The van der Waals surface area contributed by atoms with Crippen LogP contribution in [0.25, 0.3) is 0 Å². The summed E-state index contributed by atoms with van der Waals surface area (Å²) in [6.07, 6.45) is 3.36. The lowest BCUT2D eigenvalue weighted by molar-refractivity contribution is 0.101. The highest BCUT2D eigenvalue weighted by atomic mass is 19.1. The second kappa shape index (κ2) is 6.10.